The molecule has 0 saturated carbocycles. The predicted octanol–water partition coefficient (Wildman–Crippen LogP) is 2.44. The van der Waals surface area contributed by atoms with Crippen LogP contribution in [-0.4, -0.2) is 18.0 Å². The van der Waals surface area contributed by atoms with Gasteiger partial charge in [0.2, 0.25) is 5.91 Å². The Balaban J connectivity index is 1.91. The van der Waals surface area contributed by atoms with E-state index in [9.17, 15) is 4.79 Å². The smallest absolute Gasteiger partial charge is 0.221 e. The first-order valence-electron chi connectivity index (χ1n) is 6.62. The minimum atomic E-state index is -0.0582. The van der Waals surface area contributed by atoms with Crippen molar-refractivity contribution in [3.63, 3.8) is 0 Å². The molecule has 0 spiro atoms. The molecule has 2 aromatic rings. The van der Waals surface area contributed by atoms with Crippen molar-refractivity contribution >= 4 is 5.91 Å². The van der Waals surface area contributed by atoms with Crippen molar-refractivity contribution in [1.29, 1.82) is 0 Å². The molecule has 1 amide bonds. The van der Waals surface area contributed by atoms with Crippen molar-refractivity contribution in [3.8, 4) is 5.75 Å². The van der Waals surface area contributed by atoms with E-state index in [4.69, 9.17) is 4.74 Å². The fourth-order valence-electron chi connectivity index (χ4n) is 2.65. The lowest BCUT2D eigenvalue weighted by atomic mass is 9.90. The Morgan fingerprint density at radius 1 is 1.20 bits per heavy atom. The summed E-state index contributed by atoms with van der Waals surface area (Å²) in [6, 6.07) is 13.6. The highest BCUT2D eigenvalue weighted by Gasteiger charge is 2.35. The first-order valence-corrected chi connectivity index (χ1v) is 6.62. The molecule has 2 heterocycles. The molecule has 102 valence electrons. The second-order valence-corrected chi connectivity index (χ2v) is 4.88. The highest BCUT2D eigenvalue weighted by atomic mass is 16.5. The molecule has 0 unspecified atom stereocenters. The number of pyridine rings is 1. The van der Waals surface area contributed by atoms with E-state index < -0.39 is 0 Å². The van der Waals surface area contributed by atoms with Crippen LogP contribution in [0.25, 0.3) is 0 Å². The summed E-state index contributed by atoms with van der Waals surface area (Å²) in [7, 11) is 1.65. The molecule has 2 atom stereocenters. The molecular formula is C16H16N2O2. The number of hydrogen-bond donors (Lipinski definition) is 1. The average Bonchev–Trinajstić information content (AvgIpc) is 2.90. The van der Waals surface area contributed by atoms with Gasteiger partial charge in [0.1, 0.15) is 5.75 Å². The SMILES string of the molecule is COc1ccc([C@H]2CC(=O)N[C@H]2c2ccccn2)cc1. The summed E-state index contributed by atoms with van der Waals surface area (Å²) < 4.78 is 5.17. The Morgan fingerprint density at radius 2 is 2.00 bits per heavy atom. The zero-order chi connectivity index (χ0) is 13.9. The number of benzene rings is 1. The van der Waals surface area contributed by atoms with E-state index in [-0.39, 0.29) is 17.9 Å². The van der Waals surface area contributed by atoms with Gasteiger partial charge < -0.3 is 10.1 Å². The van der Waals surface area contributed by atoms with E-state index in [1.165, 1.54) is 0 Å². The van der Waals surface area contributed by atoms with Gasteiger partial charge in [-0.25, -0.2) is 0 Å². The second kappa shape index (κ2) is 5.33. The van der Waals surface area contributed by atoms with Crippen molar-refractivity contribution in [1.82, 2.24) is 10.3 Å². The molecule has 1 N–H and O–H groups in total. The third kappa shape index (κ3) is 2.37. The minimum Gasteiger partial charge on any atom is -0.497 e. The largest absolute Gasteiger partial charge is 0.497 e. The number of aromatic nitrogens is 1. The van der Waals surface area contributed by atoms with Crippen molar-refractivity contribution in [3.05, 3.63) is 59.9 Å². The maximum absolute atomic E-state index is 11.8. The molecule has 0 aliphatic carbocycles. The number of hydrogen-bond acceptors (Lipinski definition) is 3. The summed E-state index contributed by atoms with van der Waals surface area (Å²) in [5.41, 5.74) is 2.03. The highest BCUT2D eigenvalue weighted by molar-refractivity contribution is 5.80. The molecule has 1 aromatic carbocycles. The van der Waals surface area contributed by atoms with Crippen LogP contribution < -0.4 is 10.1 Å². The molecule has 0 radical (unpaired) electrons. The molecule has 0 bridgehead atoms. The zero-order valence-electron chi connectivity index (χ0n) is 11.2. The molecule has 1 fully saturated rings. The summed E-state index contributed by atoms with van der Waals surface area (Å²) in [6.45, 7) is 0. The van der Waals surface area contributed by atoms with Gasteiger partial charge in [-0.2, -0.15) is 0 Å². The number of nitrogens with one attached hydrogen (secondary N) is 1. The Hall–Kier alpha value is -2.36. The van der Waals surface area contributed by atoms with E-state index in [1.54, 1.807) is 13.3 Å². The van der Waals surface area contributed by atoms with Crippen LogP contribution in [0.4, 0.5) is 0 Å². The lowest BCUT2D eigenvalue weighted by Gasteiger charge is -2.18. The number of rotatable bonds is 3. The van der Waals surface area contributed by atoms with Gasteiger partial charge in [0.25, 0.3) is 0 Å². The summed E-state index contributed by atoms with van der Waals surface area (Å²) in [5, 5.41) is 3.01. The van der Waals surface area contributed by atoms with Crippen molar-refractivity contribution in [2.24, 2.45) is 0 Å². The minimum absolute atomic E-state index is 0.0582. The summed E-state index contributed by atoms with van der Waals surface area (Å²) >= 11 is 0. The lowest BCUT2D eigenvalue weighted by Crippen LogP contribution is -2.21. The first-order chi connectivity index (χ1) is 9.78. The van der Waals surface area contributed by atoms with Crippen LogP contribution in [0.1, 0.15) is 29.6 Å². The first kappa shape index (κ1) is 12.7. The molecule has 1 aliphatic rings. The van der Waals surface area contributed by atoms with Gasteiger partial charge in [0, 0.05) is 18.5 Å². The average molecular weight is 268 g/mol. The fraction of sp³-hybridized carbons (Fsp3) is 0.250. The predicted molar refractivity (Wildman–Crippen MR) is 75.5 cm³/mol. The van der Waals surface area contributed by atoms with Gasteiger partial charge >= 0.3 is 0 Å². The van der Waals surface area contributed by atoms with Gasteiger partial charge in [-0.1, -0.05) is 18.2 Å². The molecule has 4 heteroatoms. The van der Waals surface area contributed by atoms with Crippen molar-refractivity contribution in [2.75, 3.05) is 7.11 Å². The quantitative estimate of drug-likeness (QED) is 0.930. The van der Waals surface area contributed by atoms with E-state index in [0.29, 0.717) is 6.42 Å². The number of ether oxygens (including phenoxy) is 1. The molecule has 3 rings (SSSR count). The van der Waals surface area contributed by atoms with Crippen LogP contribution in [0, 0.1) is 0 Å². The van der Waals surface area contributed by atoms with E-state index in [2.05, 4.69) is 10.3 Å². The van der Waals surface area contributed by atoms with Gasteiger partial charge in [0.05, 0.1) is 18.8 Å². The monoisotopic (exact) mass is 268 g/mol. The topological polar surface area (TPSA) is 51.2 Å². The maximum Gasteiger partial charge on any atom is 0.221 e. The van der Waals surface area contributed by atoms with E-state index in [0.717, 1.165) is 17.0 Å². The van der Waals surface area contributed by atoms with Gasteiger partial charge in [-0.15, -0.1) is 0 Å². The summed E-state index contributed by atoms with van der Waals surface area (Å²) in [6.07, 6.45) is 2.25. The van der Waals surface area contributed by atoms with Crippen LogP contribution in [0.5, 0.6) is 5.75 Å². The van der Waals surface area contributed by atoms with Crippen LogP contribution >= 0.6 is 0 Å². The zero-order valence-corrected chi connectivity index (χ0v) is 11.2. The Morgan fingerprint density at radius 3 is 2.65 bits per heavy atom. The maximum atomic E-state index is 11.8. The molecule has 1 aromatic heterocycles. The normalized spacial score (nSPS) is 21.6. The van der Waals surface area contributed by atoms with Crippen LogP contribution in [0.2, 0.25) is 0 Å². The Labute approximate surface area is 117 Å². The molecule has 1 saturated heterocycles. The number of methoxy groups -OCH3 is 1. The molecular weight excluding hydrogens is 252 g/mol. The lowest BCUT2D eigenvalue weighted by molar-refractivity contribution is -0.119. The Bertz CT molecular complexity index is 596. The number of amides is 1. The van der Waals surface area contributed by atoms with Crippen LogP contribution in [0.3, 0.4) is 0 Å². The second-order valence-electron chi connectivity index (χ2n) is 4.88. The van der Waals surface area contributed by atoms with Gasteiger partial charge in [0.15, 0.2) is 0 Å². The third-order valence-electron chi connectivity index (χ3n) is 3.67. The van der Waals surface area contributed by atoms with Crippen molar-refractivity contribution < 1.29 is 9.53 Å². The molecule has 1 aliphatic heterocycles. The summed E-state index contributed by atoms with van der Waals surface area (Å²) in [5.74, 6) is 1.00. The van der Waals surface area contributed by atoms with Crippen molar-refractivity contribution in [2.45, 2.75) is 18.4 Å². The highest BCUT2D eigenvalue weighted by Crippen LogP contribution is 2.37. The third-order valence-corrected chi connectivity index (χ3v) is 3.67. The molecule has 4 nitrogen and oxygen atoms in total. The number of carbonyl (C=O) groups is 1. The fourth-order valence-corrected chi connectivity index (χ4v) is 2.65. The number of nitrogens with zero attached hydrogens (tertiary/aromatic N) is 1. The van der Waals surface area contributed by atoms with Gasteiger partial charge in [-0.3, -0.25) is 9.78 Å². The molecule has 20 heavy (non-hydrogen) atoms. The van der Waals surface area contributed by atoms with Crippen LogP contribution in [0.15, 0.2) is 48.7 Å². The van der Waals surface area contributed by atoms with Gasteiger partial charge in [-0.05, 0) is 29.8 Å². The Kier molecular flexibility index (Phi) is 3.37. The van der Waals surface area contributed by atoms with Crippen LogP contribution in [-0.2, 0) is 4.79 Å². The standard InChI is InChI=1S/C16H16N2O2/c1-20-12-7-5-11(6-8-12)13-10-15(19)18-16(13)14-4-2-3-9-17-14/h2-9,13,16H,10H2,1H3,(H,18,19)/t13-,16-/m1/s1. The number of carbonyl (C=O) groups excluding carboxylic acids is 1. The van der Waals surface area contributed by atoms with E-state index >= 15 is 0 Å². The summed E-state index contributed by atoms with van der Waals surface area (Å²) in [4.78, 5) is 16.1. The van der Waals surface area contributed by atoms with E-state index in [1.807, 2.05) is 42.5 Å².